The summed E-state index contributed by atoms with van der Waals surface area (Å²) in [5.41, 5.74) is 0.898. The molecule has 0 fully saturated rings. The molecule has 0 radical (unpaired) electrons. The van der Waals surface area contributed by atoms with Crippen molar-refractivity contribution in [1.29, 1.82) is 0 Å². The van der Waals surface area contributed by atoms with Crippen LogP contribution in [-0.4, -0.2) is 36.8 Å². The predicted molar refractivity (Wildman–Crippen MR) is 54.5 cm³/mol. The Morgan fingerprint density at radius 3 is 2.87 bits per heavy atom. The Morgan fingerprint density at radius 2 is 2.40 bits per heavy atom. The molecule has 0 spiro atoms. The Morgan fingerprint density at radius 1 is 1.67 bits per heavy atom. The number of rotatable bonds is 4. The summed E-state index contributed by atoms with van der Waals surface area (Å²) in [6, 6.07) is 3.18. The summed E-state index contributed by atoms with van der Waals surface area (Å²) in [4.78, 5) is 15.1. The van der Waals surface area contributed by atoms with Crippen molar-refractivity contribution in [3.63, 3.8) is 0 Å². The van der Waals surface area contributed by atoms with Gasteiger partial charge in [-0.05, 0) is 19.2 Å². The molecule has 0 amide bonds. The standard InChI is InChI=1S/C10H14N2O3/c1-11-6-9(13)8-4-3-7(5-12-8)10(14)15-2/h3-5,9,11,13H,6H2,1-2H3. The molecular weight excluding hydrogens is 196 g/mol. The Labute approximate surface area is 88.1 Å². The average molecular weight is 210 g/mol. The summed E-state index contributed by atoms with van der Waals surface area (Å²) in [5.74, 6) is -0.433. The van der Waals surface area contributed by atoms with Crippen LogP contribution in [0, 0.1) is 0 Å². The average Bonchev–Trinajstić information content (AvgIpc) is 2.28. The van der Waals surface area contributed by atoms with Gasteiger partial charge in [0.2, 0.25) is 0 Å². The van der Waals surface area contributed by atoms with Crippen LogP contribution in [0.4, 0.5) is 0 Å². The first-order valence-electron chi connectivity index (χ1n) is 4.56. The van der Waals surface area contributed by atoms with Gasteiger partial charge in [-0.1, -0.05) is 0 Å². The molecule has 1 aromatic heterocycles. The van der Waals surface area contributed by atoms with Crippen molar-refractivity contribution in [2.24, 2.45) is 0 Å². The quantitative estimate of drug-likeness (QED) is 0.691. The maximum atomic E-state index is 11.1. The van der Waals surface area contributed by atoms with Crippen molar-refractivity contribution in [3.05, 3.63) is 29.6 Å². The molecule has 5 nitrogen and oxygen atoms in total. The van der Waals surface area contributed by atoms with Crippen molar-refractivity contribution in [1.82, 2.24) is 10.3 Å². The van der Waals surface area contributed by atoms with Gasteiger partial charge < -0.3 is 15.2 Å². The number of carbonyl (C=O) groups excluding carboxylic acids is 1. The highest BCUT2D eigenvalue weighted by Crippen LogP contribution is 2.09. The lowest BCUT2D eigenvalue weighted by atomic mass is 10.2. The van der Waals surface area contributed by atoms with Crippen LogP contribution < -0.4 is 5.32 Å². The third-order valence-electron chi connectivity index (χ3n) is 1.95. The number of hydrogen-bond donors (Lipinski definition) is 2. The predicted octanol–water partition coefficient (Wildman–Crippen LogP) is 0.121. The molecule has 0 saturated heterocycles. The number of ether oxygens (including phenoxy) is 1. The van der Waals surface area contributed by atoms with Gasteiger partial charge in [0.25, 0.3) is 0 Å². The Kier molecular flexibility index (Phi) is 4.20. The summed E-state index contributed by atoms with van der Waals surface area (Å²) in [6.45, 7) is 0.421. The summed E-state index contributed by atoms with van der Waals surface area (Å²) >= 11 is 0. The zero-order valence-electron chi connectivity index (χ0n) is 8.73. The highest BCUT2D eigenvalue weighted by molar-refractivity contribution is 5.88. The molecular formula is C10H14N2O3. The van der Waals surface area contributed by atoms with Gasteiger partial charge in [0, 0.05) is 12.7 Å². The highest BCUT2D eigenvalue weighted by atomic mass is 16.5. The number of methoxy groups -OCH3 is 1. The summed E-state index contributed by atoms with van der Waals surface area (Å²) in [5, 5.41) is 12.4. The topological polar surface area (TPSA) is 71.5 Å². The number of carbonyl (C=O) groups is 1. The number of aliphatic hydroxyl groups excluding tert-OH is 1. The SMILES string of the molecule is CNCC(O)c1ccc(C(=O)OC)cn1. The van der Waals surface area contributed by atoms with Gasteiger partial charge in [0.15, 0.2) is 0 Å². The molecule has 82 valence electrons. The van der Waals surface area contributed by atoms with Crippen LogP contribution in [0.2, 0.25) is 0 Å². The molecule has 0 aliphatic rings. The monoisotopic (exact) mass is 210 g/mol. The molecule has 0 bridgehead atoms. The number of likely N-dealkylation sites (N-methyl/N-ethyl adjacent to an activating group) is 1. The number of aliphatic hydroxyl groups is 1. The molecule has 0 aliphatic heterocycles. The Hall–Kier alpha value is -1.46. The van der Waals surface area contributed by atoms with E-state index in [9.17, 15) is 9.90 Å². The van der Waals surface area contributed by atoms with Crippen LogP contribution in [0.1, 0.15) is 22.2 Å². The van der Waals surface area contributed by atoms with E-state index in [4.69, 9.17) is 0 Å². The Balaban J connectivity index is 2.76. The molecule has 0 aromatic carbocycles. The fraction of sp³-hybridized carbons (Fsp3) is 0.400. The molecule has 0 saturated carbocycles. The number of aromatic nitrogens is 1. The molecule has 1 aromatic rings. The second-order valence-electron chi connectivity index (χ2n) is 3.04. The largest absolute Gasteiger partial charge is 0.465 e. The van der Waals surface area contributed by atoms with Crippen molar-refractivity contribution in [2.45, 2.75) is 6.10 Å². The minimum Gasteiger partial charge on any atom is -0.465 e. The van der Waals surface area contributed by atoms with Gasteiger partial charge in [-0.15, -0.1) is 0 Å². The van der Waals surface area contributed by atoms with E-state index in [2.05, 4.69) is 15.0 Å². The molecule has 0 aliphatic carbocycles. The third-order valence-corrected chi connectivity index (χ3v) is 1.95. The van der Waals surface area contributed by atoms with Crippen LogP contribution in [-0.2, 0) is 4.74 Å². The van der Waals surface area contributed by atoms with E-state index in [-0.39, 0.29) is 0 Å². The minimum absolute atomic E-state index is 0.373. The normalized spacial score (nSPS) is 12.2. The number of esters is 1. The first kappa shape index (κ1) is 11.6. The van der Waals surface area contributed by atoms with Crippen molar-refractivity contribution < 1.29 is 14.6 Å². The second kappa shape index (κ2) is 5.43. The first-order chi connectivity index (χ1) is 7.19. The summed E-state index contributed by atoms with van der Waals surface area (Å²) in [7, 11) is 3.05. The van der Waals surface area contributed by atoms with Crippen molar-refractivity contribution in [3.8, 4) is 0 Å². The first-order valence-corrected chi connectivity index (χ1v) is 4.56. The fourth-order valence-electron chi connectivity index (χ4n) is 1.14. The number of pyridine rings is 1. The van der Waals surface area contributed by atoms with Crippen molar-refractivity contribution >= 4 is 5.97 Å². The van der Waals surface area contributed by atoms with E-state index in [1.165, 1.54) is 13.3 Å². The van der Waals surface area contributed by atoms with Gasteiger partial charge in [0.05, 0.1) is 18.4 Å². The zero-order chi connectivity index (χ0) is 11.3. The lowest BCUT2D eigenvalue weighted by Crippen LogP contribution is -2.17. The van der Waals surface area contributed by atoms with E-state index >= 15 is 0 Å². The lowest BCUT2D eigenvalue weighted by Gasteiger charge is -2.09. The van der Waals surface area contributed by atoms with Crippen LogP contribution in [0.25, 0.3) is 0 Å². The minimum atomic E-state index is -0.665. The number of nitrogens with zero attached hydrogens (tertiary/aromatic N) is 1. The summed E-state index contributed by atoms with van der Waals surface area (Å²) < 4.78 is 4.53. The fourth-order valence-corrected chi connectivity index (χ4v) is 1.14. The third kappa shape index (κ3) is 3.00. The molecule has 15 heavy (non-hydrogen) atoms. The van der Waals surface area contributed by atoms with Gasteiger partial charge in [-0.3, -0.25) is 4.98 Å². The lowest BCUT2D eigenvalue weighted by molar-refractivity contribution is 0.0600. The van der Waals surface area contributed by atoms with Crippen LogP contribution in [0.5, 0.6) is 0 Å². The maximum Gasteiger partial charge on any atom is 0.339 e. The van der Waals surface area contributed by atoms with E-state index in [1.807, 2.05) is 0 Å². The molecule has 1 rings (SSSR count). The van der Waals surface area contributed by atoms with Gasteiger partial charge in [-0.25, -0.2) is 4.79 Å². The van der Waals surface area contributed by atoms with Crippen LogP contribution in [0.15, 0.2) is 18.3 Å². The Bertz CT molecular complexity index is 324. The maximum absolute atomic E-state index is 11.1. The van der Waals surface area contributed by atoms with Crippen molar-refractivity contribution in [2.75, 3.05) is 20.7 Å². The van der Waals surface area contributed by atoms with E-state index in [0.29, 0.717) is 17.8 Å². The molecule has 1 heterocycles. The zero-order valence-corrected chi connectivity index (χ0v) is 8.73. The van der Waals surface area contributed by atoms with Gasteiger partial charge in [-0.2, -0.15) is 0 Å². The molecule has 5 heteroatoms. The van der Waals surface area contributed by atoms with E-state index < -0.39 is 12.1 Å². The number of hydrogen-bond acceptors (Lipinski definition) is 5. The van der Waals surface area contributed by atoms with E-state index in [1.54, 1.807) is 19.2 Å². The second-order valence-corrected chi connectivity index (χ2v) is 3.04. The summed E-state index contributed by atoms with van der Waals surface area (Å²) in [6.07, 6.45) is 0.724. The van der Waals surface area contributed by atoms with E-state index in [0.717, 1.165) is 0 Å². The van der Waals surface area contributed by atoms with Gasteiger partial charge in [0.1, 0.15) is 6.10 Å². The molecule has 2 N–H and O–H groups in total. The smallest absolute Gasteiger partial charge is 0.339 e. The molecule has 1 atom stereocenters. The molecule has 1 unspecified atom stereocenters. The highest BCUT2D eigenvalue weighted by Gasteiger charge is 2.10. The van der Waals surface area contributed by atoms with Crippen LogP contribution >= 0.6 is 0 Å². The van der Waals surface area contributed by atoms with Gasteiger partial charge >= 0.3 is 5.97 Å². The number of nitrogens with one attached hydrogen (secondary N) is 1. The van der Waals surface area contributed by atoms with Crippen LogP contribution in [0.3, 0.4) is 0 Å².